The Balaban J connectivity index is 1.71. The minimum absolute atomic E-state index is 0.225. The summed E-state index contributed by atoms with van der Waals surface area (Å²) >= 11 is 6.44. The second kappa shape index (κ2) is 8.37. The van der Waals surface area contributed by atoms with E-state index < -0.39 is 0 Å². The molecule has 0 aliphatic rings. The molecule has 2 aromatic carbocycles. The maximum absolute atomic E-state index is 12.7. The van der Waals surface area contributed by atoms with E-state index in [0.29, 0.717) is 23.0 Å². The van der Waals surface area contributed by atoms with Crippen molar-refractivity contribution in [1.29, 1.82) is 0 Å². The monoisotopic (exact) mass is 382 g/mol. The molecular weight excluding hydrogens is 360 g/mol. The average Bonchev–Trinajstić information content (AvgIpc) is 2.95. The van der Waals surface area contributed by atoms with Gasteiger partial charge in [0.25, 0.3) is 5.91 Å². The molecule has 1 amide bonds. The van der Waals surface area contributed by atoms with E-state index in [-0.39, 0.29) is 5.91 Å². The summed E-state index contributed by atoms with van der Waals surface area (Å²) in [7, 11) is 4.08. The molecular formula is C21H23ClN4O. The zero-order valence-electron chi connectivity index (χ0n) is 15.7. The standard InChI is InChI=1S/C21H23ClN4O/c1-15-19(20(22)26(24-15)18-7-5-4-6-8-18)21(27)23-13-16-9-11-17(12-10-16)14-25(2)3/h4-12H,13-14H2,1-3H3,(H,23,27). The van der Waals surface area contributed by atoms with Gasteiger partial charge in [0.15, 0.2) is 0 Å². The lowest BCUT2D eigenvalue weighted by atomic mass is 10.1. The zero-order valence-corrected chi connectivity index (χ0v) is 16.5. The molecule has 1 aromatic heterocycles. The van der Waals surface area contributed by atoms with Crippen molar-refractivity contribution in [3.8, 4) is 5.69 Å². The van der Waals surface area contributed by atoms with Crippen LogP contribution in [0.5, 0.6) is 0 Å². The van der Waals surface area contributed by atoms with Crippen molar-refractivity contribution >= 4 is 17.5 Å². The van der Waals surface area contributed by atoms with E-state index in [1.165, 1.54) is 5.56 Å². The lowest BCUT2D eigenvalue weighted by Crippen LogP contribution is -2.23. The van der Waals surface area contributed by atoms with E-state index in [9.17, 15) is 4.79 Å². The second-order valence-electron chi connectivity index (χ2n) is 6.74. The molecule has 0 aliphatic carbocycles. The smallest absolute Gasteiger partial charge is 0.256 e. The molecule has 0 radical (unpaired) electrons. The highest BCUT2D eigenvalue weighted by molar-refractivity contribution is 6.33. The number of hydrogen-bond acceptors (Lipinski definition) is 3. The minimum atomic E-state index is -0.225. The molecule has 0 unspecified atom stereocenters. The summed E-state index contributed by atoms with van der Waals surface area (Å²) in [6, 6.07) is 17.7. The van der Waals surface area contributed by atoms with Crippen LogP contribution in [0.4, 0.5) is 0 Å². The normalized spacial score (nSPS) is 11.0. The quantitative estimate of drug-likeness (QED) is 0.705. The van der Waals surface area contributed by atoms with Crippen LogP contribution in [0.2, 0.25) is 5.15 Å². The Kier molecular flexibility index (Phi) is 5.94. The number of carbonyl (C=O) groups is 1. The van der Waals surface area contributed by atoms with Gasteiger partial charge in [0, 0.05) is 13.1 Å². The van der Waals surface area contributed by atoms with E-state index in [1.807, 2.05) is 56.6 Å². The van der Waals surface area contributed by atoms with Gasteiger partial charge in [-0.1, -0.05) is 54.1 Å². The van der Waals surface area contributed by atoms with Crippen LogP contribution < -0.4 is 5.32 Å². The van der Waals surface area contributed by atoms with Crippen molar-refractivity contribution < 1.29 is 4.79 Å². The fourth-order valence-electron chi connectivity index (χ4n) is 2.90. The first kappa shape index (κ1) is 19.1. The second-order valence-corrected chi connectivity index (χ2v) is 7.09. The number of aryl methyl sites for hydroxylation is 1. The third kappa shape index (κ3) is 4.56. The number of carbonyl (C=O) groups excluding carboxylic acids is 1. The molecule has 3 aromatic rings. The third-order valence-electron chi connectivity index (χ3n) is 4.21. The van der Waals surface area contributed by atoms with Gasteiger partial charge >= 0.3 is 0 Å². The van der Waals surface area contributed by atoms with Crippen LogP contribution in [-0.2, 0) is 13.1 Å². The van der Waals surface area contributed by atoms with Crippen LogP contribution >= 0.6 is 11.6 Å². The first-order valence-corrected chi connectivity index (χ1v) is 9.15. The Morgan fingerprint density at radius 3 is 2.33 bits per heavy atom. The van der Waals surface area contributed by atoms with Crippen molar-refractivity contribution in [2.45, 2.75) is 20.0 Å². The molecule has 0 bridgehead atoms. The summed E-state index contributed by atoms with van der Waals surface area (Å²) in [4.78, 5) is 14.8. The maximum atomic E-state index is 12.7. The van der Waals surface area contributed by atoms with Crippen molar-refractivity contribution in [2.75, 3.05) is 14.1 Å². The first-order valence-electron chi connectivity index (χ1n) is 8.77. The van der Waals surface area contributed by atoms with E-state index in [4.69, 9.17) is 11.6 Å². The summed E-state index contributed by atoms with van der Waals surface area (Å²) in [6.45, 7) is 3.11. The Hall–Kier alpha value is -2.63. The summed E-state index contributed by atoms with van der Waals surface area (Å²) in [5, 5.41) is 7.67. The van der Waals surface area contributed by atoms with Crippen LogP contribution in [0.1, 0.15) is 27.2 Å². The van der Waals surface area contributed by atoms with E-state index >= 15 is 0 Å². The van der Waals surface area contributed by atoms with Gasteiger partial charge in [-0.3, -0.25) is 4.79 Å². The largest absolute Gasteiger partial charge is 0.348 e. The molecule has 0 spiro atoms. The van der Waals surface area contributed by atoms with Gasteiger partial charge in [-0.25, -0.2) is 4.68 Å². The number of halogens is 1. The van der Waals surface area contributed by atoms with E-state index in [2.05, 4.69) is 27.4 Å². The van der Waals surface area contributed by atoms with E-state index in [1.54, 1.807) is 11.6 Å². The summed E-state index contributed by atoms with van der Waals surface area (Å²) in [5.41, 5.74) is 4.10. The number of amides is 1. The molecule has 3 rings (SSSR count). The summed E-state index contributed by atoms with van der Waals surface area (Å²) in [6.07, 6.45) is 0. The number of nitrogens with zero attached hydrogens (tertiary/aromatic N) is 3. The SMILES string of the molecule is Cc1nn(-c2ccccc2)c(Cl)c1C(=O)NCc1ccc(CN(C)C)cc1. The number of aromatic nitrogens is 2. The highest BCUT2D eigenvalue weighted by Gasteiger charge is 2.20. The van der Waals surface area contributed by atoms with Gasteiger partial charge < -0.3 is 10.2 Å². The molecule has 1 heterocycles. The number of para-hydroxylation sites is 1. The highest BCUT2D eigenvalue weighted by Crippen LogP contribution is 2.23. The first-order chi connectivity index (χ1) is 13.0. The predicted molar refractivity (Wildman–Crippen MR) is 108 cm³/mol. The van der Waals surface area contributed by atoms with Gasteiger partial charge in [-0.2, -0.15) is 5.10 Å². The molecule has 5 nitrogen and oxygen atoms in total. The summed E-state index contributed by atoms with van der Waals surface area (Å²) < 4.78 is 1.59. The topological polar surface area (TPSA) is 50.2 Å². The Morgan fingerprint density at radius 2 is 1.70 bits per heavy atom. The van der Waals surface area contributed by atoms with Crippen LogP contribution in [0.3, 0.4) is 0 Å². The number of benzene rings is 2. The van der Waals surface area contributed by atoms with Gasteiger partial charge in [-0.15, -0.1) is 0 Å². The van der Waals surface area contributed by atoms with Crippen LogP contribution in [0.15, 0.2) is 54.6 Å². The lowest BCUT2D eigenvalue weighted by molar-refractivity contribution is 0.0950. The number of nitrogens with one attached hydrogen (secondary N) is 1. The Morgan fingerprint density at radius 1 is 1.07 bits per heavy atom. The lowest BCUT2D eigenvalue weighted by Gasteiger charge is -2.10. The predicted octanol–water partition coefficient (Wildman–Crippen LogP) is 3.83. The minimum Gasteiger partial charge on any atom is -0.348 e. The van der Waals surface area contributed by atoms with E-state index in [0.717, 1.165) is 17.8 Å². The zero-order chi connectivity index (χ0) is 19.4. The van der Waals surface area contributed by atoms with Gasteiger partial charge in [0.1, 0.15) is 5.15 Å². The molecule has 0 fully saturated rings. The molecule has 0 saturated heterocycles. The maximum Gasteiger partial charge on any atom is 0.256 e. The van der Waals surface area contributed by atoms with Crippen molar-refractivity contribution in [2.24, 2.45) is 0 Å². The third-order valence-corrected chi connectivity index (χ3v) is 4.56. The Bertz CT molecular complexity index is 917. The molecule has 0 atom stereocenters. The van der Waals surface area contributed by atoms with Gasteiger partial charge in [0.2, 0.25) is 0 Å². The van der Waals surface area contributed by atoms with Gasteiger partial charge in [-0.05, 0) is 44.3 Å². The van der Waals surface area contributed by atoms with Crippen LogP contribution in [0, 0.1) is 6.92 Å². The van der Waals surface area contributed by atoms with Gasteiger partial charge in [0.05, 0.1) is 16.9 Å². The Labute approximate surface area is 164 Å². The average molecular weight is 383 g/mol. The van der Waals surface area contributed by atoms with Crippen molar-refractivity contribution in [3.63, 3.8) is 0 Å². The summed E-state index contributed by atoms with van der Waals surface area (Å²) in [5.74, 6) is -0.225. The molecule has 1 N–H and O–H groups in total. The van der Waals surface area contributed by atoms with Crippen LogP contribution in [-0.4, -0.2) is 34.7 Å². The number of rotatable bonds is 6. The van der Waals surface area contributed by atoms with Crippen molar-refractivity contribution in [3.05, 3.63) is 82.1 Å². The van der Waals surface area contributed by atoms with Crippen molar-refractivity contribution in [1.82, 2.24) is 20.0 Å². The molecule has 0 saturated carbocycles. The number of hydrogen-bond donors (Lipinski definition) is 1. The molecule has 27 heavy (non-hydrogen) atoms. The fourth-order valence-corrected chi connectivity index (χ4v) is 3.25. The molecule has 6 heteroatoms. The molecule has 0 aliphatic heterocycles. The fraction of sp³-hybridized carbons (Fsp3) is 0.238. The van der Waals surface area contributed by atoms with Crippen LogP contribution in [0.25, 0.3) is 5.69 Å². The highest BCUT2D eigenvalue weighted by atomic mass is 35.5. The molecule has 140 valence electrons.